The fourth-order valence-electron chi connectivity index (χ4n) is 3.65. The molecule has 0 bridgehead atoms. The summed E-state index contributed by atoms with van der Waals surface area (Å²) in [4.78, 5) is 22.4. The van der Waals surface area contributed by atoms with Crippen LogP contribution in [0, 0.1) is 0 Å². The first kappa shape index (κ1) is 27.4. The molecular weight excluding hydrogens is 510 g/mol. The van der Waals surface area contributed by atoms with Crippen molar-refractivity contribution in [3.05, 3.63) is 63.6 Å². The molecule has 8 nitrogen and oxygen atoms in total. The zero-order valence-electron chi connectivity index (χ0n) is 19.8. The van der Waals surface area contributed by atoms with Gasteiger partial charge in [-0.05, 0) is 49.4 Å². The Balaban J connectivity index is 1.75. The van der Waals surface area contributed by atoms with Crippen molar-refractivity contribution < 1.29 is 19.5 Å². The summed E-state index contributed by atoms with van der Waals surface area (Å²) in [6.45, 7) is 3.69. The Bertz CT molecular complexity index is 1210. The number of carboxylic acids is 1. The first-order valence-corrected chi connectivity index (χ1v) is 12.4. The minimum atomic E-state index is -0.980. The number of halogens is 2. The number of hydrogen-bond acceptors (Lipinski definition) is 6. The van der Waals surface area contributed by atoms with E-state index in [9.17, 15) is 14.7 Å². The van der Waals surface area contributed by atoms with E-state index in [1.54, 1.807) is 30.3 Å². The van der Waals surface area contributed by atoms with Gasteiger partial charge in [0.2, 0.25) is 5.91 Å². The molecule has 3 N–H and O–H groups in total. The van der Waals surface area contributed by atoms with Crippen molar-refractivity contribution in [2.24, 2.45) is 7.05 Å². The summed E-state index contributed by atoms with van der Waals surface area (Å²) < 4.78 is 12.7. The number of aryl methyl sites for hydroxylation is 1. The third-order valence-corrected chi connectivity index (χ3v) is 7.28. The molecule has 12 heteroatoms. The second-order valence-corrected chi connectivity index (χ2v) is 9.96. The van der Waals surface area contributed by atoms with Gasteiger partial charge in [0.1, 0.15) is 0 Å². The van der Waals surface area contributed by atoms with Crippen LogP contribution < -0.4 is 15.8 Å². The number of aromatic carboxylic acids is 1. The van der Waals surface area contributed by atoms with E-state index in [-0.39, 0.29) is 24.4 Å². The van der Waals surface area contributed by atoms with E-state index in [2.05, 4.69) is 10.2 Å². The SMILES string of the molecule is CB(ONC(CCN(C)SNC(C)=O)c1ccc(C(=O)O)cc1)c1cc2c(Cl)c(Cl)ccc2n1C. The molecule has 0 saturated heterocycles. The molecule has 0 aliphatic carbocycles. The molecule has 2 aromatic carbocycles. The van der Waals surface area contributed by atoms with Crippen LogP contribution in [0.2, 0.25) is 16.9 Å². The zero-order valence-corrected chi connectivity index (χ0v) is 22.2. The van der Waals surface area contributed by atoms with Crippen LogP contribution in [0.3, 0.4) is 0 Å². The topological polar surface area (TPSA) is 95.8 Å². The molecule has 1 aromatic heterocycles. The second-order valence-electron chi connectivity index (χ2n) is 8.17. The van der Waals surface area contributed by atoms with E-state index < -0.39 is 5.97 Å². The molecular formula is C23H27BCl2N4O4S. The van der Waals surface area contributed by atoms with Crippen molar-refractivity contribution in [3.63, 3.8) is 0 Å². The lowest BCUT2D eigenvalue weighted by atomic mass is 9.67. The number of nitrogens with zero attached hydrogens (tertiary/aromatic N) is 2. The summed E-state index contributed by atoms with van der Waals surface area (Å²) >= 11 is 13.8. The molecule has 35 heavy (non-hydrogen) atoms. The molecule has 0 spiro atoms. The average Bonchev–Trinajstić information content (AvgIpc) is 3.17. The van der Waals surface area contributed by atoms with Crippen LogP contribution in [-0.4, -0.2) is 46.4 Å². The molecule has 0 aliphatic rings. The van der Waals surface area contributed by atoms with Crippen molar-refractivity contribution in [2.75, 3.05) is 13.6 Å². The minimum Gasteiger partial charge on any atom is -0.478 e. The summed E-state index contributed by atoms with van der Waals surface area (Å²) in [5.74, 6) is -1.11. The number of benzene rings is 2. The Kier molecular flexibility index (Phi) is 9.51. The van der Waals surface area contributed by atoms with Gasteiger partial charge in [-0.2, -0.15) is 0 Å². The number of hydrogen-bond donors (Lipinski definition) is 3. The molecule has 1 unspecified atom stereocenters. The third kappa shape index (κ3) is 6.94. The van der Waals surface area contributed by atoms with Gasteiger partial charge in [0.15, 0.2) is 0 Å². The van der Waals surface area contributed by atoms with Crippen molar-refractivity contribution in [3.8, 4) is 0 Å². The van der Waals surface area contributed by atoms with Crippen LogP contribution in [0.15, 0.2) is 42.5 Å². The van der Waals surface area contributed by atoms with Gasteiger partial charge in [0.05, 0.1) is 21.7 Å². The molecule has 3 aromatic rings. The van der Waals surface area contributed by atoms with Gasteiger partial charge in [-0.15, -0.1) is 0 Å². The number of carbonyl (C=O) groups is 2. The van der Waals surface area contributed by atoms with Crippen molar-refractivity contribution in [1.82, 2.24) is 19.1 Å². The number of hydroxylamine groups is 1. The maximum Gasteiger partial charge on any atom is 0.367 e. The smallest absolute Gasteiger partial charge is 0.367 e. The summed E-state index contributed by atoms with van der Waals surface area (Å²) in [5.41, 5.74) is 6.11. The predicted octanol–water partition coefficient (Wildman–Crippen LogP) is 4.30. The van der Waals surface area contributed by atoms with Crippen molar-refractivity contribution in [2.45, 2.75) is 26.2 Å². The number of carbonyl (C=O) groups excluding carboxylic acids is 1. The lowest BCUT2D eigenvalue weighted by molar-refractivity contribution is -0.117. The van der Waals surface area contributed by atoms with Gasteiger partial charge in [-0.25, -0.2) is 14.6 Å². The van der Waals surface area contributed by atoms with E-state index in [1.165, 1.54) is 19.1 Å². The highest BCUT2D eigenvalue weighted by Gasteiger charge is 2.22. The van der Waals surface area contributed by atoms with E-state index >= 15 is 0 Å². The Morgan fingerprint density at radius 2 is 1.91 bits per heavy atom. The average molecular weight is 537 g/mol. The van der Waals surface area contributed by atoms with Crippen LogP contribution in [0.1, 0.15) is 35.3 Å². The molecule has 0 saturated carbocycles. The lowest BCUT2D eigenvalue weighted by Gasteiger charge is -2.24. The normalized spacial score (nSPS) is 12.2. The van der Waals surface area contributed by atoms with Gasteiger partial charge in [-0.3, -0.25) is 9.52 Å². The first-order valence-electron chi connectivity index (χ1n) is 10.9. The Hall–Kier alpha value is -2.21. The number of nitrogens with one attached hydrogen (secondary N) is 2. The standard InChI is InChI=1S/C23H27BCl2N4O4S/c1-14(31)28-35-29(3)12-11-19(15-5-7-16(8-6-15)23(32)33)27-34-24(2)21-13-17-20(30(21)4)10-9-18(25)22(17)26/h5-10,13,19,27H,11-12H2,1-4H3,(H,28,31)(H,32,33). The van der Waals surface area contributed by atoms with Gasteiger partial charge in [0.25, 0.3) is 0 Å². The van der Waals surface area contributed by atoms with E-state index in [0.717, 1.165) is 22.1 Å². The summed E-state index contributed by atoms with van der Waals surface area (Å²) in [7, 11) is 3.82. The first-order chi connectivity index (χ1) is 16.6. The fraction of sp³-hybridized carbons (Fsp3) is 0.304. The number of carboxylic acid groups (broad SMARTS) is 1. The molecule has 0 radical (unpaired) electrons. The summed E-state index contributed by atoms with van der Waals surface area (Å²) in [5, 5.41) is 11.1. The second kappa shape index (κ2) is 12.2. The largest absolute Gasteiger partial charge is 0.478 e. The molecule has 0 fully saturated rings. The highest BCUT2D eigenvalue weighted by molar-refractivity contribution is 7.95. The van der Waals surface area contributed by atoms with E-state index in [4.69, 9.17) is 28.0 Å². The van der Waals surface area contributed by atoms with Crippen LogP contribution >= 0.6 is 35.3 Å². The lowest BCUT2D eigenvalue weighted by Crippen LogP contribution is -2.41. The molecule has 1 heterocycles. The number of aromatic nitrogens is 1. The molecule has 3 rings (SSSR count). The van der Waals surface area contributed by atoms with Crippen LogP contribution in [0.5, 0.6) is 0 Å². The molecule has 0 aliphatic heterocycles. The molecule has 1 atom stereocenters. The quantitative estimate of drug-likeness (QED) is 0.191. The Morgan fingerprint density at radius 3 is 2.54 bits per heavy atom. The van der Waals surface area contributed by atoms with Crippen LogP contribution in [0.25, 0.3) is 10.9 Å². The zero-order chi connectivity index (χ0) is 25.7. The Morgan fingerprint density at radius 1 is 1.23 bits per heavy atom. The predicted molar refractivity (Wildman–Crippen MR) is 143 cm³/mol. The van der Waals surface area contributed by atoms with Gasteiger partial charge >= 0.3 is 12.9 Å². The number of fused-ring (bicyclic) bond motifs is 1. The van der Waals surface area contributed by atoms with E-state index in [1.807, 2.05) is 41.9 Å². The van der Waals surface area contributed by atoms with E-state index in [0.29, 0.717) is 23.0 Å². The number of amides is 1. The van der Waals surface area contributed by atoms with Crippen molar-refractivity contribution in [1.29, 1.82) is 0 Å². The van der Waals surface area contributed by atoms with Gasteiger partial charge in [-0.1, -0.05) is 42.2 Å². The van der Waals surface area contributed by atoms with Crippen LogP contribution in [-0.2, 0) is 16.6 Å². The minimum absolute atomic E-state index is 0.130. The number of rotatable bonds is 11. The third-order valence-electron chi connectivity index (χ3n) is 5.59. The van der Waals surface area contributed by atoms with Gasteiger partial charge < -0.3 is 14.4 Å². The van der Waals surface area contributed by atoms with Gasteiger partial charge in [0, 0.05) is 49.1 Å². The molecule has 186 valence electrons. The molecule has 1 amide bonds. The maximum atomic E-state index is 11.2. The summed E-state index contributed by atoms with van der Waals surface area (Å²) in [6, 6.07) is 12.1. The maximum absolute atomic E-state index is 11.2. The van der Waals surface area contributed by atoms with Crippen LogP contribution in [0.4, 0.5) is 0 Å². The highest BCUT2D eigenvalue weighted by Crippen LogP contribution is 2.30. The monoisotopic (exact) mass is 536 g/mol. The fourth-order valence-corrected chi connectivity index (χ4v) is 4.51. The summed E-state index contributed by atoms with van der Waals surface area (Å²) in [6.07, 6.45) is 0.638. The van der Waals surface area contributed by atoms with Crippen molar-refractivity contribution >= 4 is 70.6 Å². The highest BCUT2D eigenvalue weighted by atomic mass is 35.5. The Labute approximate surface area is 219 Å².